The third kappa shape index (κ3) is 4.77. The van der Waals surface area contributed by atoms with Crippen LogP contribution in [0.25, 0.3) is 0 Å². The number of aliphatic hydroxyl groups is 1. The summed E-state index contributed by atoms with van der Waals surface area (Å²) in [6, 6.07) is 0. The fraction of sp³-hybridized carbons (Fsp3) is 0.750. The van der Waals surface area contributed by atoms with Crippen LogP contribution in [0.15, 0.2) is 12.4 Å². The summed E-state index contributed by atoms with van der Waals surface area (Å²) in [6.45, 7) is 8.68. The Hall–Kier alpha value is -0.870. The molecule has 0 amide bonds. The predicted molar refractivity (Wildman–Crippen MR) is 65.3 cm³/mol. The van der Waals surface area contributed by atoms with E-state index in [1.807, 2.05) is 19.3 Å². The highest BCUT2D eigenvalue weighted by Gasteiger charge is 2.05. The van der Waals surface area contributed by atoms with Crippen molar-refractivity contribution in [2.75, 3.05) is 13.1 Å². The first-order chi connectivity index (χ1) is 7.59. The molecule has 4 nitrogen and oxygen atoms in total. The highest BCUT2D eigenvalue weighted by molar-refractivity contribution is 4.88. The maximum Gasteiger partial charge on any atom is 0.105 e. The van der Waals surface area contributed by atoms with Crippen LogP contribution in [0.4, 0.5) is 0 Å². The second kappa shape index (κ2) is 6.66. The molecular weight excluding hydrogens is 202 g/mol. The molecule has 0 saturated carbocycles. The third-order valence-electron chi connectivity index (χ3n) is 2.58. The minimum atomic E-state index is -0.233. The van der Waals surface area contributed by atoms with Gasteiger partial charge < -0.3 is 15.0 Å². The zero-order valence-electron chi connectivity index (χ0n) is 10.5. The van der Waals surface area contributed by atoms with Gasteiger partial charge in [0.1, 0.15) is 5.82 Å². The van der Waals surface area contributed by atoms with Crippen LogP contribution in [0.1, 0.15) is 26.1 Å². The van der Waals surface area contributed by atoms with E-state index in [1.165, 1.54) is 0 Å². The third-order valence-corrected chi connectivity index (χ3v) is 2.58. The predicted octanol–water partition coefficient (Wildman–Crippen LogP) is 1.19. The first-order valence-corrected chi connectivity index (χ1v) is 5.96. The number of hydrogen-bond donors (Lipinski definition) is 2. The molecule has 0 spiro atoms. The number of aryl methyl sites for hydroxylation is 1. The molecule has 92 valence electrons. The fourth-order valence-corrected chi connectivity index (χ4v) is 1.74. The van der Waals surface area contributed by atoms with Crippen molar-refractivity contribution in [2.45, 2.75) is 39.8 Å². The summed E-state index contributed by atoms with van der Waals surface area (Å²) >= 11 is 0. The standard InChI is InChI=1S/C12H23N3O/c1-10(2)8-12(16)9-13-4-6-15-7-5-14-11(15)3/h5,7,10,12-13,16H,4,6,8-9H2,1-3H3. The second-order valence-corrected chi connectivity index (χ2v) is 4.66. The smallest absolute Gasteiger partial charge is 0.105 e. The second-order valence-electron chi connectivity index (χ2n) is 4.66. The van der Waals surface area contributed by atoms with E-state index in [-0.39, 0.29) is 6.10 Å². The van der Waals surface area contributed by atoms with Gasteiger partial charge in [-0.3, -0.25) is 0 Å². The van der Waals surface area contributed by atoms with E-state index < -0.39 is 0 Å². The highest BCUT2D eigenvalue weighted by atomic mass is 16.3. The monoisotopic (exact) mass is 225 g/mol. The molecule has 1 unspecified atom stereocenters. The number of hydrogen-bond acceptors (Lipinski definition) is 3. The van der Waals surface area contributed by atoms with Crippen molar-refractivity contribution < 1.29 is 5.11 Å². The Balaban J connectivity index is 2.10. The van der Waals surface area contributed by atoms with Crippen LogP contribution < -0.4 is 5.32 Å². The fourth-order valence-electron chi connectivity index (χ4n) is 1.74. The molecule has 1 rings (SSSR count). The van der Waals surface area contributed by atoms with Gasteiger partial charge in [-0.1, -0.05) is 13.8 Å². The van der Waals surface area contributed by atoms with Gasteiger partial charge >= 0.3 is 0 Å². The van der Waals surface area contributed by atoms with Gasteiger partial charge in [0.2, 0.25) is 0 Å². The van der Waals surface area contributed by atoms with Crippen LogP contribution in [0, 0.1) is 12.8 Å². The molecule has 0 aliphatic heterocycles. The van der Waals surface area contributed by atoms with Gasteiger partial charge in [0.15, 0.2) is 0 Å². The van der Waals surface area contributed by atoms with E-state index in [4.69, 9.17) is 0 Å². The molecule has 1 atom stereocenters. The molecule has 0 aliphatic rings. The largest absolute Gasteiger partial charge is 0.392 e. The molecule has 0 aromatic carbocycles. The van der Waals surface area contributed by atoms with Gasteiger partial charge in [0.25, 0.3) is 0 Å². The number of aromatic nitrogens is 2. The number of nitrogens with zero attached hydrogens (tertiary/aromatic N) is 2. The maximum absolute atomic E-state index is 9.65. The minimum absolute atomic E-state index is 0.233. The van der Waals surface area contributed by atoms with Crippen molar-refractivity contribution in [3.05, 3.63) is 18.2 Å². The van der Waals surface area contributed by atoms with Crippen LogP contribution >= 0.6 is 0 Å². The number of rotatable bonds is 7. The van der Waals surface area contributed by atoms with Crippen LogP contribution in [0.2, 0.25) is 0 Å². The summed E-state index contributed by atoms with van der Waals surface area (Å²) in [5.41, 5.74) is 0. The number of nitrogens with one attached hydrogen (secondary N) is 1. The Morgan fingerprint density at radius 1 is 1.50 bits per heavy atom. The average Bonchev–Trinajstić information content (AvgIpc) is 2.58. The van der Waals surface area contributed by atoms with E-state index in [9.17, 15) is 5.11 Å². The van der Waals surface area contributed by atoms with Crippen molar-refractivity contribution in [1.82, 2.24) is 14.9 Å². The zero-order chi connectivity index (χ0) is 12.0. The Morgan fingerprint density at radius 3 is 2.81 bits per heavy atom. The van der Waals surface area contributed by atoms with Gasteiger partial charge in [-0.15, -0.1) is 0 Å². The van der Waals surface area contributed by atoms with Crippen LogP contribution in [0.3, 0.4) is 0 Å². The van der Waals surface area contributed by atoms with Gasteiger partial charge in [0.05, 0.1) is 6.10 Å². The Morgan fingerprint density at radius 2 is 2.25 bits per heavy atom. The van der Waals surface area contributed by atoms with E-state index in [1.54, 1.807) is 0 Å². The molecule has 0 aliphatic carbocycles. The quantitative estimate of drug-likeness (QED) is 0.685. The maximum atomic E-state index is 9.65. The SMILES string of the molecule is Cc1nccn1CCNCC(O)CC(C)C. The van der Waals surface area contributed by atoms with Gasteiger partial charge in [0, 0.05) is 32.0 Å². The van der Waals surface area contributed by atoms with Crippen molar-refractivity contribution in [2.24, 2.45) is 5.92 Å². The Labute approximate surface area is 97.7 Å². The average molecular weight is 225 g/mol. The number of imidazole rings is 1. The zero-order valence-corrected chi connectivity index (χ0v) is 10.5. The highest BCUT2D eigenvalue weighted by Crippen LogP contribution is 2.03. The van der Waals surface area contributed by atoms with Crippen molar-refractivity contribution in [1.29, 1.82) is 0 Å². The van der Waals surface area contributed by atoms with Crippen LogP contribution in [-0.2, 0) is 6.54 Å². The topological polar surface area (TPSA) is 50.1 Å². The molecule has 4 heteroatoms. The molecule has 0 saturated heterocycles. The molecule has 1 aromatic heterocycles. The summed E-state index contributed by atoms with van der Waals surface area (Å²) in [5.74, 6) is 1.58. The first kappa shape index (κ1) is 13.2. The van der Waals surface area contributed by atoms with Gasteiger partial charge in [-0.05, 0) is 19.3 Å². The lowest BCUT2D eigenvalue weighted by atomic mass is 10.1. The molecular formula is C12H23N3O. The van der Waals surface area contributed by atoms with E-state index in [2.05, 4.69) is 28.7 Å². The normalized spacial score (nSPS) is 13.3. The minimum Gasteiger partial charge on any atom is -0.392 e. The summed E-state index contributed by atoms with van der Waals surface area (Å²) < 4.78 is 2.10. The van der Waals surface area contributed by atoms with E-state index >= 15 is 0 Å². The lowest BCUT2D eigenvalue weighted by Crippen LogP contribution is -2.30. The summed E-state index contributed by atoms with van der Waals surface area (Å²) in [4.78, 5) is 4.16. The van der Waals surface area contributed by atoms with Crippen molar-refractivity contribution in [3.8, 4) is 0 Å². The Kier molecular flexibility index (Phi) is 5.49. The molecule has 0 radical (unpaired) electrons. The van der Waals surface area contributed by atoms with Crippen molar-refractivity contribution >= 4 is 0 Å². The molecule has 0 bridgehead atoms. The van der Waals surface area contributed by atoms with Gasteiger partial charge in [-0.25, -0.2) is 4.98 Å². The molecule has 2 N–H and O–H groups in total. The van der Waals surface area contributed by atoms with Crippen molar-refractivity contribution in [3.63, 3.8) is 0 Å². The van der Waals surface area contributed by atoms with E-state index in [0.717, 1.165) is 25.3 Å². The van der Waals surface area contributed by atoms with E-state index in [0.29, 0.717) is 12.5 Å². The summed E-state index contributed by atoms with van der Waals surface area (Å²) in [5, 5.41) is 12.9. The Bertz CT molecular complexity index is 296. The lowest BCUT2D eigenvalue weighted by molar-refractivity contribution is 0.146. The van der Waals surface area contributed by atoms with Crippen LogP contribution in [-0.4, -0.2) is 33.9 Å². The molecule has 1 heterocycles. The molecule has 16 heavy (non-hydrogen) atoms. The first-order valence-electron chi connectivity index (χ1n) is 5.96. The molecule has 0 fully saturated rings. The van der Waals surface area contributed by atoms with Crippen LogP contribution in [0.5, 0.6) is 0 Å². The molecule has 1 aromatic rings. The summed E-state index contributed by atoms with van der Waals surface area (Å²) in [7, 11) is 0. The summed E-state index contributed by atoms with van der Waals surface area (Å²) in [6.07, 6.45) is 4.41. The number of aliphatic hydroxyl groups excluding tert-OH is 1. The van der Waals surface area contributed by atoms with Gasteiger partial charge in [-0.2, -0.15) is 0 Å². The lowest BCUT2D eigenvalue weighted by Gasteiger charge is -2.14.